The summed E-state index contributed by atoms with van der Waals surface area (Å²) >= 11 is 12.6. The van der Waals surface area contributed by atoms with Gasteiger partial charge in [0.2, 0.25) is 11.9 Å². The highest BCUT2D eigenvalue weighted by atomic mass is 35.5. The van der Waals surface area contributed by atoms with Crippen LogP contribution in [0.4, 0.5) is 55.1 Å². The van der Waals surface area contributed by atoms with Crippen LogP contribution in [-0.4, -0.2) is 94.9 Å². The number of anilines is 8. The molecule has 3 aromatic carbocycles. The van der Waals surface area contributed by atoms with Gasteiger partial charge in [-0.05, 0) is 79.1 Å². The summed E-state index contributed by atoms with van der Waals surface area (Å²) in [5.74, 6) is 5.23. The van der Waals surface area contributed by atoms with Gasteiger partial charge < -0.3 is 30.5 Å². The number of halogens is 4. The lowest BCUT2D eigenvalue weighted by Gasteiger charge is -2.28. The van der Waals surface area contributed by atoms with Gasteiger partial charge >= 0.3 is 0 Å². The average Bonchev–Trinajstić information content (AvgIpc) is 3.38. The molecule has 4 aromatic heterocycles. The van der Waals surface area contributed by atoms with E-state index in [1.54, 1.807) is 29.6 Å². The number of carbonyl (C=O) groups is 1. The highest BCUT2D eigenvalue weighted by Gasteiger charge is 2.19. The van der Waals surface area contributed by atoms with Gasteiger partial charge in [-0.1, -0.05) is 59.6 Å². The van der Waals surface area contributed by atoms with Gasteiger partial charge in [-0.25, -0.2) is 30.0 Å². The second kappa shape index (κ2) is 24.6. The van der Waals surface area contributed by atoms with Gasteiger partial charge in [-0.15, -0.1) is 0 Å². The van der Waals surface area contributed by atoms with E-state index in [0.717, 1.165) is 81.8 Å². The Morgan fingerprint density at radius 2 is 1.26 bits per heavy atom. The van der Waals surface area contributed by atoms with E-state index in [1.165, 1.54) is 0 Å². The van der Waals surface area contributed by atoms with E-state index in [0.29, 0.717) is 55.8 Å². The van der Waals surface area contributed by atoms with Crippen LogP contribution >= 0.6 is 23.2 Å². The minimum absolute atomic E-state index is 0.206. The van der Waals surface area contributed by atoms with Crippen LogP contribution in [-0.2, 0) is 4.74 Å². The van der Waals surface area contributed by atoms with Crippen molar-refractivity contribution in [1.29, 1.82) is 0 Å². The average molecular weight is 977 g/mol. The third-order valence-electron chi connectivity index (χ3n) is 10.5. The van der Waals surface area contributed by atoms with Crippen LogP contribution in [0.5, 0.6) is 0 Å². The van der Waals surface area contributed by atoms with Crippen LogP contribution in [0.2, 0.25) is 10.0 Å². The fourth-order valence-corrected chi connectivity index (χ4v) is 7.61. The number of hydrazine groups is 1. The lowest BCUT2D eigenvalue weighted by atomic mass is 10.0. The number of nitrogen functional groups attached to an aromatic ring is 1. The number of ether oxygens (including phenoxy) is 1. The first-order valence-corrected chi connectivity index (χ1v) is 22.4. The number of carbonyl (C=O) groups excluding carboxylic acids is 1. The Hall–Kier alpha value is -7.42. The molecule has 2 aliphatic heterocycles. The number of pyridine rings is 2. The van der Waals surface area contributed by atoms with Crippen molar-refractivity contribution in [1.82, 2.24) is 35.2 Å². The molecule has 7 N–H and O–H groups in total. The molecule has 0 bridgehead atoms. The zero-order valence-corrected chi connectivity index (χ0v) is 39.1. The molecule has 0 saturated carbocycles. The van der Waals surface area contributed by atoms with Crippen molar-refractivity contribution < 1.29 is 18.3 Å². The normalized spacial score (nSPS) is 13.4. The predicted octanol–water partition coefficient (Wildman–Crippen LogP) is 8.58. The Balaban J connectivity index is 0.000000163. The lowest BCUT2D eigenvalue weighted by molar-refractivity contribution is 0.111. The maximum atomic E-state index is 14.1. The number of morpholine rings is 1. The number of aldehydes is 1. The number of aromatic nitrogens is 6. The second-order valence-corrected chi connectivity index (χ2v) is 16.1. The van der Waals surface area contributed by atoms with Crippen LogP contribution in [0, 0.1) is 25.5 Å². The number of nitrogens with zero attached hydrogens (tertiary/aromatic N) is 9. The van der Waals surface area contributed by atoms with Gasteiger partial charge in [0, 0.05) is 55.5 Å². The molecule has 0 atom stereocenters. The third kappa shape index (κ3) is 13.8. The number of hydrogen-bond donors (Lipinski definition) is 6. The van der Waals surface area contributed by atoms with E-state index in [9.17, 15) is 13.6 Å². The molecule has 0 aliphatic carbocycles. The Labute approximate surface area is 407 Å². The van der Waals surface area contributed by atoms with Crippen molar-refractivity contribution in [3.8, 4) is 11.1 Å². The molecule has 0 amide bonds. The number of hydrogen-bond acceptors (Lipinski definition) is 17. The summed E-state index contributed by atoms with van der Waals surface area (Å²) in [6, 6.07) is 26.9. The van der Waals surface area contributed by atoms with Crippen molar-refractivity contribution in [2.75, 3.05) is 83.8 Å². The maximum absolute atomic E-state index is 14.1. The SMILES string of the molecule is Cc1cccc(Cl)c1-c1ccc(Nc2ccc(C=O)nc2)cc1.Cc1cccc(Cl)c1Nc1ccc(/C=N/Nc2ncc(F)c(N3CCNCC3)n2)nc1.NNc1ncc(F)c(N2CCOCC2)n1. The van der Waals surface area contributed by atoms with E-state index in [1.807, 2.05) is 97.6 Å². The number of nitrogens with two attached hydrogens (primary N) is 1. The van der Waals surface area contributed by atoms with Crippen LogP contribution in [0.1, 0.15) is 27.3 Å². The lowest BCUT2D eigenvalue weighted by Crippen LogP contribution is -2.44. The van der Waals surface area contributed by atoms with E-state index >= 15 is 0 Å². The fraction of sp³-hybridized carbons (Fsp3) is 0.208. The van der Waals surface area contributed by atoms with E-state index < -0.39 is 11.6 Å². The Kier molecular flexibility index (Phi) is 17.6. The molecule has 69 heavy (non-hydrogen) atoms. The van der Waals surface area contributed by atoms with Gasteiger partial charge in [-0.2, -0.15) is 15.1 Å². The molecule has 9 rings (SSSR count). The number of para-hydroxylation sites is 1. The first-order valence-electron chi connectivity index (χ1n) is 21.7. The van der Waals surface area contributed by atoms with Crippen LogP contribution < -0.4 is 42.4 Å². The van der Waals surface area contributed by atoms with Crippen molar-refractivity contribution in [3.05, 3.63) is 154 Å². The molecule has 2 saturated heterocycles. The standard InChI is InChI=1S/C21H22ClFN8.C19H15ClN2O.C8H12FN5O/c1-14-3-2-4-17(22)19(14)28-16-6-5-15(25-11-16)12-27-30-21-26-13-18(23)20(29-21)31-9-7-24-8-10-31;1-13-3-2-4-18(20)19(13)14-5-7-15(8-6-14)22-16-9-10-17(12-23)21-11-16;9-6-5-11-8(13-10)12-7(6)14-1-3-15-4-2-14/h2-6,11-13,24,28H,7-10H2,1H3,(H,26,29,30);2-12,22H,1H3;5H,1-4,10H2,(H,11,12,13)/b27-12+;;. The zero-order chi connectivity index (χ0) is 48.5. The van der Waals surface area contributed by atoms with Crippen LogP contribution in [0.15, 0.2) is 115 Å². The van der Waals surface area contributed by atoms with Crippen molar-refractivity contribution in [2.24, 2.45) is 10.9 Å². The number of hydrazone groups is 1. The first-order chi connectivity index (χ1) is 33.6. The number of piperazine rings is 1. The number of aryl methyl sites for hydroxylation is 2. The second-order valence-electron chi connectivity index (χ2n) is 15.3. The molecule has 21 heteroatoms. The summed E-state index contributed by atoms with van der Waals surface area (Å²) in [6.07, 6.45) is 7.85. The summed E-state index contributed by atoms with van der Waals surface area (Å²) in [7, 11) is 0. The summed E-state index contributed by atoms with van der Waals surface area (Å²) in [6.45, 7) is 9.39. The number of benzene rings is 3. The molecule has 0 spiro atoms. The highest BCUT2D eigenvalue weighted by molar-refractivity contribution is 6.34. The summed E-state index contributed by atoms with van der Waals surface area (Å²) in [4.78, 5) is 38.5. The minimum atomic E-state index is -0.449. The molecule has 0 unspecified atom stereocenters. The molecule has 356 valence electrons. The van der Waals surface area contributed by atoms with Gasteiger partial charge in [0.15, 0.2) is 29.6 Å². The molecular weight excluding hydrogens is 928 g/mol. The first kappa shape index (κ1) is 49.5. The van der Waals surface area contributed by atoms with Crippen molar-refractivity contribution >= 4 is 82.0 Å². The molecule has 2 fully saturated rings. The van der Waals surface area contributed by atoms with Crippen LogP contribution in [0.3, 0.4) is 0 Å². The van der Waals surface area contributed by atoms with Gasteiger partial charge in [-0.3, -0.25) is 20.2 Å². The maximum Gasteiger partial charge on any atom is 0.245 e. The Morgan fingerprint density at radius 3 is 1.87 bits per heavy atom. The fourth-order valence-electron chi connectivity index (χ4n) is 7.01. The molecular formula is C48H49Cl2F2N15O2. The molecule has 7 aromatic rings. The van der Waals surface area contributed by atoms with Gasteiger partial charge in [0.25, 0.3) is 0 Å². The molecule has 17 nitrogen and oxygen atoms in total. The van der Waals surface area contributed by atoms with E-state index in [-0.39, 0.29) is 23.5 Å². The summed E-state index contributed by atoms with van der Waals surface area (Å²) in [5.41, 5.74) is 13.8. The molecule has 0 radical (unpaired) electrons. The topological polar surface area (TPSA) is 209 Å². The monoisotopic (exact) mass is 975 g/mol. The number of nitrogens with one attached hydrogen (secondary N) is 5. The summed E-state index contributed by atoms with van der Waals surface area (Å²) < 4.78 is 32.7. The highest BCUT2D eigenvalue weighted by Crippen LogP contribution is 2.32. The zero-order valence-electron chi connectivity index (χ0n) is 37.6. The largest absolute Gasteiger partial charge is 0.378 e. The van der Waals surface area contributed by atoms with Crippen molar-refractivity contribution in [2.45, 2.75) is 13.8 Å². The Bertz CT molecular complexity index is 2780. The Morgan fingerprint density at radius 1 is 0.681 bits per heavy atom. The minimum Gasteiger partial charge on any atom is -0.378 e. The van der Waals surface area contributed by atoms with Crippen LogP contribution in [0.25, 0.3) is 11.1 Å². The predicted molar refractivity (Wildman–Crippen MR) is 269 cm³/mol. The van der Waals surface area contributed by atoms with Gasteiger partial charge in [0.1, 0.15) is 5.69 Å². The van der Waals surface area contributed by atoms with Crippen molar-refractivity contribution in [3.63, 3.8) is 0 Å². The quantitative estimate of drug-likeness (QED) is 0.0293. The van der Waals surface area contributed by atoms with Gasteiger partial charge in [0.05, 0.1) is 72.0 Å². The van der Waals surface area contributed by atoms with E-state index in [4.69, 9.17) is 33.8 Å². The smallest absolute Gasteiger partial charge is 0.245 e. The third-order valence-corrected chi connectivity index (χ3v) is 11.2. The summed E-state index contributed by atoms with van der Waals surface area (Å²) in [5, 5.41) is 15.3. The molecule has 2 aliphatic rings. The number of rotatable bonds is 12. The van der Waals surface area contributed by atoms with E-state index in [2.05, 4.69) is 61.8 Å². The molecule has 6 heterocycles.